The highest BCUT2D eigenvalue weighted by atomic mass is 16.3. The molecule has 0 aliphatic heterocycles. The van der Waals surface area contributed by atoms with Gasteiger partial charge in [-0.05, 0) is 25.7 Å². The standard InChI is InChI=1S/C15H25N3O2/c1-3-17(2)13-9-15(20)18(16-10-13)11-14(19)12-7-5-4-6-8-12/h9-10,12,14,19H,3-8,11H2,1-2H3. The van der Waals surface area contributed by atoms with Crippen molar-refractivity contribution in [1.29, 1.82) is 0 Å². The maximum Gasteiger partial charge on any atom is 0.268 e. The van der Waals surface area contributed by atoms with E-state index in [1.54, 1.807) is 12.3 Å². The first-order valence-electron chi connectivity index (χ1n) is 7.58. The summed E-state index contributed by atoms with van der Waals surface area (Å²) in [5.74, 6) is 0.315. The molecule has 5 heteroatoms. The van der Waals surface area contributed by atoms with Crippen molar-refractivity contribution in [2.75, 3.05) is 18.5 Å². The van der Waals surface area contributed by atoms with Crippen LogP contribution in [0.1, 0.15) is 39.0 Å². The lowest BCUT2D eigenvalue weighted by Gasteiger charge is -2.26. The maximum absolute atomic E-state index is 12.0. The van der Waals surface area contributed by atoms with Crippen LogP contribution in [0.2, 0.25) is 0 Å². The van der Waals surface area contributed by atoms with Gasteiger partial charge in [0, 0.05) is 19.7 Å². The molecule has 20 heavy (non-hydrogen) atoms. The van der Waals surface area contributed by atoms with Gasteiger partial charge in [-0.15, -0.1) is 0 Å². The Labute approximate surface area is 120 Å². The van der Waals surface area contributed by atoms with Gasteiger partial charge in [0.15, 0.2) is 0 Å². The Hall–Kier alpha value is -1.36. The van der Waals surface area contributed by atoms with E-state index in [4.69, 9.17) is 0 Å². The molecule has 1 aliphatic carbocycles. The summed E-state index contributed by atoms with van der Waals surface area (Å²) < 4.78 is 1.38. The minimum absolute atomic E-state index is 0.141. The van der Waals surface area contributed by atoms with Gasteiger partial charge in [-0.3, -0.25) is 4.79 Å². The molecule has 1 aromatic heterocycles. The lowest BCUT2D eigenvalue weighted by Crippen LogP contribution is -2.34. The Bertz CT molecular complexity index is 480. The third-order valence-corrected chi connectivity index (χ3v) is 4.32. The second-order valence-corrected chi connectivity index (χ2v) is 5.71. The number of aromatic nitrogens is 2. The lowest BCUT2D eigenvalue weighted by atomic mass is 9.85. The summed E-state index contributed by atoms with van der Waals surface area (Å²) >= 11 is 0. The van der Waals surface area contributed by atoms with Crippen LogP contribution in [0.15, 0.2) is 17.1 Å². The average molecular weight is 279 g/mol. The Balaban J connectivity index is 2.03. The number of aliphatic hydroxyl groups excluding tert-OH is 1. The molecule has 1 heterocycles. The van der Waals surface area contributed by atoms with E-state index in [2.05, 4.69) is 5.10 Å². The third-order valence-electron chi connectivity index (χ3n) is 4.32. The molecule has 1 saturated carbocycles. The first-order chi connectivity index (χ1) is 9.61. The SMILES string of the molecule is CCN(C)c1cnn(CC(O)C2CCCCC2)c(=O)c1. The van der Waals surface area contributed by atoms with Crippen LogP contribution in [-0.4, -0.2) is 34.6 Å². The number of nitrogens with zero attached hydrogens (tertiary/aromatic N) is 3. The van der Waals surface area contributed by atoms with Crippen LogP contribution < -0.4 is 10.5 Å². The van der Waals surface area contributed by atoms with E-state index in [-0.39, 0.29) is 5.56 Å². The molecule has 1 aliphatic rings. The quantitative estimate of drug-likeness (QED) is 0.890. The van der Waals surface area contributed by atoms with Crippen LogP contribution in [0.4, 0.5) is 5.69 Å². The molecule has 0 saturated heterocycles. The second-order valence-electron chi connectivity index (χ2n) is 5.71. The summed E-state index contributed by atoms with van der Waals surface area (Å²) in [6.45, 7) is 3.16. The zero-order chi connectivity index (χ0) is 14.5. The van der Waals surface area contributed by atoms with Crippen LogP contribution in [0.3, 0.4) is 0 Å². The Morgan fingerprint density at radius 3 is 2.75 bits per heavy atom. The number of anilines is 1. The highest BCUT2D eigenvalue weighted by Gasteiger charge is 2.22. The molecule has 2 rings (SSSR count). The van der Waals surface area contributed by atoms with E-state index in [0.29, 0.717) is 12.5 Å². The third kappa shape index (κ3) is 3.60. The summed E-state index contributed by atoms with van der Waals surface area (Å²) in [7, 11) is 1.93. The molecular formula is C15H25N3O2. The van der Waals surface area contributed by atoms with Gasteiger partial charge in [-0.25, -0.2) is 4.68 Å². The van der Waals surface area contributed by atoms with E-state index >= 15 is 0 Å². The fourth-order valence-corrected chi connectivity index (χ4v) is 2.80. The molecule has 1 unspecified atom stereocenters. The van der Waals surface area contributed by atoms with Crippen LogP contribution in [0.25, 0.3) is 0 Å². The molecule has 0 radical (unpaired) electrons. The van der Waals surface area contributed by atoms with Gasteiger partial charge in [-0.2, -0.15) is 5.10 Å². The maximum atomic E-state index is 12.0. The molecule has 5 nitrogen and oxygen atoms in total. The lowest BCUT2D eigenvalue weighted by molar-refractivity contribution is 0.0651. The first kappa shape index (κ1) is 15.0. The summed E-state index contributed by atoms with van der Waals surface area (Å²) in [6, 6.07) is 1.59. The molecule has 0 aromatic carbocycles. The van der Waals surface area contributed by atoms with Crippen molar-refractivity contribution in [1.82, 2.24) is 9.78 Å². The largest absolute Gasteiger partial charge is 0.391 e. The van der Waals surface area contributed by atoms with Crippen LogP contribution in [0, 0.1) is 5.92 Å². The van der Waals surface area contributed by atoms with E-state index in [1.807, 2.05) is 18.9 Å². The molecule has 1 N–H and O–H groups in total. The minimum atomic E-state index is -0.463. The van der Waals surface area contributed by atoms with Gasteiger partial charge in [0.25, 0.3) is 5.56 Å². The van der Waals surface area contributed by atoms with Gasteiger partial charge in [-0.1, -0.05) is 19.3 Å². The fourth-order valence-electron chi connectivity index (χ4n) is 2.80. The van der Waals surface area contributed by atoms with E-state index < -0.39 is 6.10 Å². The zero-order valence-electron chi connectivity index (χ0n) is 12.5. The topological polar surface area (TPSA) is 58.4 Å². The van der Waals surface area contributed by atoms with E-state index in [0.717, 1.165) is 25.1 Å². The van der Waals surface area contributed by atoms with Crippen LogP contribution in [0.5, 0.6) is 0 Å². The normalized spacial score (nSPS) is 17.9. The number of rotatable bonds is 5. The van der Waals surface area contributed by atoms with Gasteiger partial charge in [0.1, 0.15) is 0 Å². The summed E-state index contributed by atoms with van der Waals surface area (Å²) in [6.07, 6.45) is 6.99. The van der Waals surface area contributed by atoms with Crippen LogP contribution in [-0.2, 0) is 6.54 Å². The van der Waals surface area contributed by atoms with E-state index in [1.165, 1.54) is 23.9 Å². The Morgan fingerprint density at radius 1 is 1.45 bits per heavy atom. The smallest absolute Gasteiger partial charge is 0.268 e. The minimum Gasteiger partial charge on any atom is -0.391 e. The fraction of sp³-hybridized carbons (Fsp3) is 0.733. The van der Waals surface area contributed by atoms with Crippen molar-refractivity contribution in [2.45, 2.75) is 51.7 Å². The molecule has 1 aromatic rings. The molecule has 1 atom stereocenters. The summed E-state index contributed by atoms with van der Waals surface area (Å²) in [5.41, 5.74) is 0.679. The number of aliphatic hydroxyl groups is 1. The van der Waals surface area contributed by atoms with E-state index in [9.17, 15) is 9.90 Å². The zero-order valence-corrected chi connectivity index (χ0v) is 12.5. The van der Waals surface area contributed by atoms with Crippen molar-refractivity contribution in [3.8, 4) is 0 Å². The van der Waals surface area contributed by atoms with Gasteiger partial charge >= 0.3 is 0 Å². The highest BCUT2D eigenvalue weighted by Crippen LogP contribution is 2.26. The number of hydrogen-bond acceptors (Lipinski definition) is 4. The molecule has 112 valence electrons. The first-order valence-corrected chi connectivity index (χ1v) is 7.58. The summed E-state index contributed by atoms with van der Waals surface area (Å²) in [4.78, 5) is 14.0. The molecule has 0 amide bonds. The number of hydrogen-bond donors (Lipinski definition) is 1. The molecule has 0 bridgehead atoms. The Morgan fingerprint density at radius 2 is 2.15 bits per heavy atom. The average Bonchev–Trinajstić information content (AvgIpc) is 2.49. The predicted octanol–water partition coefficient (Wildman–Crippen LogP) is 1.64. The second kappa shape index (κ2) is 6.88. The monoisotopic (exact) mass is 279 g/mol. The van der Waals surface area contributed by atoms with Crippen molar-refractivity contribution < 1.29 is 5.11 Å². The molecular weight excluding hydrogens is 254 g/mol. The molecule has 0 spiro atoms. The Kier molecular flexibility index (Phi) is 5.17. The van der Waals surface area contributed by atoms with Crippen molar-refractivity contribution in [3.05, 3.63) is 22.6 Å². The predicted molar refractivity (Wildman–Crippen MR) is 80.0 cm³/mol. The van der Waals surface area contributed by atoms with Gasteiger partial charge in [0.2, 0.25) is 0 Å². The van der Waals surface area contributed by atoms with Crippen molar-refractivity contribution >= 4 is 5.69 Å². The van der Waals surface area contributed by atoms with Crippen LogP contribution >= 0.6 is 0 Å². The van der Waals surface area contributed by atoms with Crippen molar-refractivity contribution in [3.63, 3.8) is 0 Å². The van der Waals surface area contributed by atoms with Gasteiger partial charge in [0.05, 0.1) is 24.5 Å². The highest BCUT2D eigenvalue weighted by molar-refractivity contribution is 5.41. The van der Waals surface area contributed by atoms with Crippen molar-refractivity contribution in [2.24, 2.45) is 5.92 Å². The molecule has 1 fully saturated rings. The van der Waals surface area contributed by atoms with Gasteiger partial charge < -0.3 is 10.0 Å². The summed E-state index contributed by atoms with van der Waals surface area (Å²) in [5, 5.41) is 14.5.